The summed E-state index contributed by atoms with van der Waals surface area (Å²) in [6.45, 7) is 6.55. The lowest BCUT2D eigenvalue weighted by atomic mass is 10.0. The van der Waals surface area contributed by atoms with E-state index in [9.17, 15) is 4.79 Å². The van der Waals surface area contributed by atoms with Crippen LogP contribution in [0.3, 0.4) is 0 Å². The average molecular weight is 311 g/mol. The van der Waals surface area contributed by atoms with Crippen LogP contribution < -0.4 is 10.1 Å². The van der Waals surface area contributed by atoms with Crippen LogP contribution in [0.2, 0.25) is 5.02 Å². The quantitative estimate of drug-likeness (QED) is 0.927. The predicted molar refractivity (Wildman–Crippen MR) is 86.2 cm³/mol. The van der Waals surface area contributed by atoms with Crippen molar-refractivity contribution in [3.05, 3.63) is 22.7 Å². The van der Waals surface area contributed by atoms with Crippen molar-refractivity contribution in [2.45, 2.75) is 26.7 Å². The minimum absolute atomic E-state index is 0.0101. The Bertz CT molecular complexity index is 519. The summed E-state index contributed by atoms with van der Waals surface area (Å²) in [5.41, 5.74) is 1.59. The smallest absolute Gasteiger partial charge is 0.238 e. The van der Waals surface area contributed by atoms with Crippen molar-refractivity contribution in [2.75, 3.05) is 32.1 Å². The number of nitrogens with one attached hydrogen (secondary N) is 1. The van der Waals surface area contributed by atoms with E-state index in [1.165, 1.54) is 6.42 Å². The molecule has 0 unspecified atom stereocenters. The van der Waals surface area contributed by atoms with Crippen molar-refractivity contribution >= 4 is 23.2 Å². The van der Waals surface area contributed by atoms with Gasteiger partial charge in [0.25, 0.3) is 0 Å². The van der Waals surface area contributed by atoms with Crippen LogP contribution in [0.1, 0.15) is 25.3 Å². The van der Waals surface area contributed by atoms with Crippen LogP contribution in [0.25, 0.3) is 0 Å². The van der Waals surface area contributed by atoms with Crippen LogP contribution in [0, 0.1) is 12.8 Å². The number of ether oxygens (including phenoxy) is 1. The molecule has 1 aromatic rings. The molecule has 1 amide bonds. The maximum Gasteiger partial charge on any atom is 0.238 e. The number of amides is 1. The molecule has 1 aliphatic rings. The number of carbonyl (C=O) groups excluding carboxylic acids is 1. The largest absolute Gasteiger partial charge is 0.495 e. The summed E-state index contributed by atoms with van der Waals surface area (Å²) in [6, 6.07) is 3.58. The number of piperidine rings is 1. The number of likely N-dealkylation sites (tertiary alicyclic amines) is 1. The molecule has 116 valence electrons. The summed E-state index contributed by atoms with van der Waals surface area (Å²) < 4.78 is 5.28. The van der Waals surface area contributed by atoms with Crippen LogP contribution >= 0.6 is 11.6 Å². The molecule has 1 N–H and O–H groups in total. The fraction of sp³-hybridized carbons (Fsp3) is 0.562. The number of benzene rings is 1. The van der Waals surface area contributed by atoms with E-state index in [2.05, 4.69) is 17.1 Å². The van der Waals surface area contributed by atoms with Gasteiger partial charge < -0.3 is 10.1 Å². The summed E-state index contributed by atoms with van der Waals surface area (Å²) in [5.74, 6) is 1.24. The third kappa shape index (κ3) is 4.35. The zero-order valence-electron chi connectivity index (χ0n) is 12.9. The maximum atomic E-state index is 12.2. The van der Waals surface area contributed by atoms with E-state index < -0.39 is 0 Å². The van der Waals surface area contributed by atoms with Gasteiger partial charge in [-0.05, 0) is 43.9 Å². The molecule has 0 radical (unpaired) electrons. The highest BCUT2D eigenvalue weighted by molar-refractivity contribution is 6.31. The van der Waals surface area contributed by atoms with Crippen molar-refractivity contribution in [1.29, 1.82) is 0 Å². The zero-order chi connectivity index (χ0) is 15.4. The number of carbonyl (C=O) groups is 1. The van der Waals surface area contributed by atoms with Crippen molar-refractivity contribution in [2.24, 2.45) is 5.92 Å². The number of methoxy groups -OCH3 is 1. The summed E-state index contributed by atoms with van der Waals surface area (Å²) in [7, 11) is 1.57. The Hall–Kier alpha value is -1.26. The molecule has 0 aromatic heterocycles. The molecular weight excluding hydrogens is 288 g/mol. The number of anilines is 1. The molecule has 2 rings (SSSR count). The molecular formula is C16H23ClN2O2. The van der Waals surface area contributed by atoms with Gasteiger partial charge in [0, 0.05) is 17.6 Å². The van der Waals surface area contributed by atoms with E-state index in [0.717, 1.165) is 25.1 Å². The molecule has 1 heterocycles. The SMILES string of the molecule is COc1cc(Cl)c(C)cc1NC(=O)CN1CCC[C@@H](C)C1. The normalized spacial score (nSPS) is 19.3. The van der Waals surface area contributed by atoms with Gasteiger partial charge in [-0.3, -0.25) is 9.69 Å². The molecule has 1 aliphatic heterocycles. The molecule has 1 atom stereocenters. The monoisotopic (exact) mass is 310 g/mol. The first-order valence-electron chi connectivity index (χ1n) is 7.36. The molecule has 1 aromatic carbocycles. The molecule has 5 heteroatoms. The van der Waals surface area contributed by atoms with Crippen LogP contribution in [0.4, 0.5) is 5.69 Å². The number of hydrogen-bond acceptors (Lipinski definition) is 3. The Morgan fingerprint density at radius 3 is 2.95 bits per heavy atom. The van der Waals surface area contributed by atoms with Crippen LogP contribution in [0.15, 0.2) is 12.1 Å². The van der Waals surface area contributed by atoms with Crippen LogP contribution in [-0.4, -0.2) is 37.6 Å². The summed E-state index contributed by atoms with van der Waals surface area (Å²) >= 11 is 6.07. The van der Waals surface area contributed by atoms with Crippen molar-refractivity contribution in [3.8, 4) is 5.75 Å². The second-order valence-corrected chi connectivity index (χ2v) is 6.24. The van der Waals surface area contributed by atoms with Crippen molar-refractivity contribution in [1.82, 2.24) is 4.90 Å². The Kier molecular flexibility index (Phi) is 5.48. The van der Waals surface area contributed by atoms with E-state index >= 15 is 0 Å². The molecule has 4 nitrogen and oxygen atoms in total. The Labute approximate surface area is 131 Å². The number of rotatable bonds is 4. The molecule has 0 aliphatic carbocycles. The second-order valence-electron chi connectivity index (χ2n) is 5.83. The summed E-state index contributed by atoms with van der Waals surface area (Å²) in [4.78, 5) is 14.4. The van der Waals surface area contributed by atoms with Crippen LogP contribution in [-0.2, 0) is 4.79 Å². The van der Waals surface area contributed by atoms with Gasteiger partial charge in [-0.1, -0.05) is 18.5 Å². The first kappa shape index (κ1) is 16.1. The van der Waals surface area contributed by atoms with Gasteiger partial charge >= 0.3 is 0 Å². The highest BCUT2D eigenvalue weighted by atomic mass is 35.5. The van der Waals surface area contributed by atoms with Gasteiger partial charge in [-0.25, -0.2) is 0 Å². The van der Waals surface area contributed by atoms with E-state index in [4.69, 9.17) is 16.3 Å². The summed E-state index contributed by atoms with van der Waals surface area (Å²) in [5, 5.41) is 3.56. The van der Waals surface area contributed by atoms with Crippen molar-refractivity contribution in [3.63, 3.8) is 0 Å². The lowest BCUT2D eigenvalue weighted by Gasteiger charge is -2.30. The van der Waals surface area contributed by atoms with E-state index in [-0.39, 0.29) is 5.91 Å². The molecule has 0 saturated carbocycles. The lowest BCUT2D eigenvalue weighted by molar-refractivity contribution is -0.117. The number of hydrogen-bond donors (Lipinski definition) is 1. The highest BCUT2D eigenvalue weighted by Crippen LogP contribution is 2.30. The van der Waals surface area contributed by atoms with Gasteiger partial charge in [0.1, 0.15) is 5.75 Å². The second kappa shape index (κ2) is 7.14. The first-order chi connectivity index (χ1) is 9.99. The van der Waals surface area contributed by atoms with Crippen LogP contribution in [0.5, 0.6) is 5.75 Å². The van der Waals surface area contributed by atoms with E-state index in [1.807, 2.05) is 13.0 Å². The fourth-order valence-corrected chi connectivity index (χ4v) is 2.91. The first-order valence-corrected chi connectivity index (χ1v) is 7.73. The maximum absolute atomic E-state index is 12.2. The highest BCUT2D eigenvalue weighted by Gasteiger charge is 2.19. The van der Waals surface area contributed by atoms with Gasteiger partial charge in [-0.2, -0.15) is 0 Å². The molecule has 0 spiro atoms. The Morgan fingerprint density at radius 1 is 1.52 bits per heavy atom. The van der Waals surface area contributed by atoms with E-state index in [1.54, 1.807) is 13.2 Å². The van der Waals surface area contributed by atoms with Gasteiger partial charge in [0.05, 0.1) is 19.3 Å². The minimum atomic E-state index is -0.0101. The van der Waals surface area contributed by atoms with E-state index in [0.29, 0.717) is 28.9 Å². The molecule has 1 saturated heterocycles. The lowest BCUT2D eigenvalue weighted by Crippen LogP contribution is -2.39. The standard InChI is InChI=1S/C16H23ClN2O2/c1-11-5-4-6-19(9-11)10-16(20)18-14-7-12(2)13(17)8-15(14)21-3/h7-8,11H,4-6,9-10H2,1-3H3,(H,18,20)/t11-/m1/s1. The molecule has 0 bridgehead atoms. The molecule has 21 heavy (non-hydrogen) atoms. The third-order valence-electron chi connectivity index (χ3n) is 3.86. The average Bonchev–Trinajstić information content (AvgIpc) is 2.42. The zero-order valence-corrected chi connectivity index (χ0v) is 13.7. The molecule has 1 fully saturated rings. The number of halogens is 1. The van der Waals surface area contributed by atoms with Gasteiger partial charge in [0.15, 0.2) is 0 Å². The fourth-order valence-electron chi connectivity index (χ4n) is 2.75. The summed E-state index contributed by atoms with van der Waals surface area (Å²) in [6.07, 6.45) is 2.42. The van der Waals surface area contributed by atoms with Gasteiger partial charge in [-0.15, -0.1) is 0 Å². The Balaban J connectivity index is 2.00. The number of aryl methyl sites for hydroxylation is 1. The number of nitrogens with zero attached hydrogens (tertiary/aromatic N) is 1. The minimum Gasteiger partial charge on any atom is -0.495 e. The third-order valence-corrected chi connectivity index (χ3v) is 4.27. The topological polar surface area (TPSA) is 41.6 Å². The van der Waals surface area contributed by atoms with Crippen molar-refractivity contribution < 1.29 is 9.53 Å². The van der Waals surface area contributed by atoms with Gasteiger partial charge in [0.2, 0.25) is 5.91 Å². The Morgan fingerprint density at radius 2 is 2.29 bits per heavy atom. The predicted octanol–water partition coefficient (Wildman–Crippen LogP) is 3.33.